The van der Waals surface area contributed by atoms with Gasteiger partial charge in [-0.3, -0.25) is 4.79 Å². The van der Waals surface area contributed by atoms with Gasteiger partial charge in [-0.25, -0.2) is 4.68 Å². The number of tetrazole rings is 1. The van der Waals surface area contributed by atoms with Gasteiger partial charge in [0.2, 0.25) is 11.6 Å². The Hall–Kier alpha value is -2.08. The van der Waals surface area contributed by atoms with E-state index in [0.29, 0.717) is 18.7 Å². The third-order valence-corrected chi connectivity index (χ3v) is 2.28. The number of methoxy groups -OCH3 is 1. The van der Waals surface area contributed by atoms with E-state index in [9.17, 15) is 4.79 Å². The first kappa shape index (κ1) is 11.4. The lowest BCUT2D eigenvalue weighted by Crippen LogP contribution is -2.15. The Morgan fingerprint density at radius 1 is 1.35 bits per heavy atom. The van der Waals surface area contributed by atoms with E-state index in [2.05, 4.69) is 15.5 Å². The molecule has 0 aliphatic heterocycles. The molecule has 0 fully saturated rings. The molecule has 0 spiro atoms. The van der Waals surface area contributed by atoms with Gasteiger partial charge in [0.25, 0.3) is 0 Å². The smallest absolute Gasteiger partial charge is 0.231 e. The normalized spacial score (nSPS) is 10.4. The fourth-order valence-electron chi connectivity index (χ4n) is 1.41. The number of carbonyl (C=O) groups is 1. The fraction of sp³-hybridized carbons (Fsp3) is 0.273. The van der Waals surface area contributed by atoms with Crippen molar-refractivity contribution in [2.24, 2.45) is 0 Å². The summed E-state index contributed by atoms with van der Waals surface area (Å²) in [6, 6.07) is 8.92. The third kappa shape index (κ3) is 2.54. The molecule has 0 saturated carbocycles. The maximum Gasteiger partial charge on any atom is 0.231 e. The zero-order valence-corrected chi connectivity index (χ0v) is 9.41. The van der Waals surface area contributed by atoms with Gasteiger partial charge in [-0.15, -0.1) is 5.10 Å². The van der Waals surface area contributed by atoms with E-state index in [-0.39, 0.29) is 11.6 Å². The standard InChI is InChI=1S/C11H12N4O2/c1-17-8-7-15-11(12-13-14-15)10(16)9-5-3-2-4-6-9/h2-6H,7-8H2,1H3. The number of aromatic nitrogens is 4. The van der Waals surface area contributed by atoms with E-state index in [1.54, 1.807) is 31.4 Å². The monoisotopic (exact) mass is 232 g/mol. The maximum atomic E-state index is 12.1. The van der Waals surface area contributed by atoms with Gasteiger partial charge in [-0.05, 0) is 10.4 Å². The Morgan fingerprint density at radius 3 is 2.82 bits per heavy atom. The van der Waals surface area contributed by atoms with Gasteiger partial charge < -0.3 is 4.74 Å². The average molecular weight is 232 g/mol. The number of hydrogen-bond donors (Lipinski definition) is 0. The molecule has 0 radical (unpaired) electrons. The summed E-state index contributed by atoms with van der Waals surface area (Å²) in [6.07, 6.45) is 0. The van der Waals surface area contributed by atoms with E-state index in [0.717, 1.165) is 0 Å². The first-order chi connectivity index (χ1) is 8.33. The van der Waals surface area contributed by atoms with Gasteiger partial charge in [0.15, 0.2) is 0 Å². The SMILES string of the molecule is COCCn1nnnc1C(=O)c1ccccc1. The van der Waals surface area contributed by atoms with Crippen molar-refractivity contribution < 1.29 is 9.53 Å². The summed E-state index contributed by atoms with van der Waals surface area (Å²) in [4.78, 5) is 12.1. The van der Waals surface area contributed by atoms with Crippen molar-refractivity contribution in [1.29, 1.82) is 0 Å². The van der Waals surface area contributed by atoms with Crippen LogP contribution in [0.5, 0.6) is 0 Å². The maximum absolute atomic E-state index is 12.1. The van der Waals surface area contributed by atoms with Crippen molar-refractivity contribution in [2.75, 3.05) is 13.7 Å². The Bertz CT molecular complexity index is 495. The highest BCUT2D eigenvalue weighted by Gasteiger charge is 2.16. The van der Waals surface area contributed by atoms with Crippen LogP contribution in [-0.2, 0) is 11.3 Å². The van der Waals surface area contributed by atoms with Crippen molar-refractivity contribution in [1.82, 2.24) is 20.2 Å². The molecule has 0 atom stereocenters. The predicted octanol–water partition coefficient (Wildman–Crippen LogP) is 0.550. The van der Waals surface area contributed by atoms with E-state index < -0.39 is 0 Å². The molecule has 6 nitrogen and oxygen atoms in total. The summed E-state index contributed by atoms with van der Waals surface area (Å²) >= 11 is 0. The number of hydrogen-bond acceptors (Lipinski definition) is 5. The fourth-order valence-corrected chi connectivity index (χ4v) is 1.41. The molecule has 17 heavy (non-hydrogen) atoms. The second-order valence-corrected chi connectivity index (χ2v) is 3.41. The zero-order chi connectivity index (χ0) is 12.1. The van der Waals surface area contributed by atoms with Crippen LogP contribution in [0, 0.1) is 0 Å². The molecule has 0 aliphatic carbocycles. The lowest BCUT2D eigenvalue weighted by atomic mass is 10.1. The molecular weight excluding hydrogens is 220 g/mol. The summed E-state index contributed by atoms with van der Waals surface area (Å²) in [7, 11) is 1.59. The summed E-state index contributed by atoms with van der Waals surface area (Å²) in [6.45, 7) is 0.914. The van der Waals surface area contributed by atoms with Crippen LogP contribution in [-0.4, -0.2) is 39.7 Å². The number of nitrogens with zero attached hydrogens (tertiary/aromatic N) is 4. The molecule has 6 heteroatoms. The van der Waals surface area contributed by atoms with Crippen LogP contribution < -0.4 is 0 Å². The van der Waals surface area contributed by atoms with Crippen molar-refractivity contribution >= 4 is 5.78 Å². The van der Waals surface area contributed by atoms with Crippen LogP contribution in [0.15, 0.2) is 30.3 Å². The Kier molecular flexibility index (Phi) is 3.56. The van der Waals surface area contributed by atoms with Gasteiger partial charge in [-0.2, -0.15) is 0 Å². The van der Waals surface area contributed by atoms with Crippen molar-refractivity contribution in [3.8, 4) is 0 Å². The van der Waals surface area contributed by atoms with Crippen LogP contribution in [0.3, 0.4) is 0 Å². The average Bonchev–Trinajstić information content (AvgIpc) is 2.84. The van der Waals surface area contributed by atoms with Crippen molar-refractivity contribution in [2.45, 2.75) is 6.54 Å². The molecule has 0 N–H and O–H groups in total. The molecule has 1 aromatic heterocycles. The van der Waals surface area contributed by atoms with Gasteiger partial charge in [0.05, 0.1) is 13.2 Å². The van der Waals surface area contributed by atoms with E-state index in [4.69, 9.17) is 4.74 Å². The third-order valence-electron chi connectivity index (χ3n) is 2.28. The summed E-state index contributed by atoms with van der Waals surface area (Å²) < 4.78 is 6.37. The second kappa shape index (κ2) is 5.31. The highest BCUT2D eigenvalue weighted by molar-refractivity contribution is 6.06. The van der Waals surface area contributed by atoms with Crippen LogP contribution in [0.1, 0.15) is 16.2 Å². The van der Waals surface area contributed by atoms with E-state index in [1.807, 2.05) is 6.07 Å². The second-order valence-electron chi connectivity index (χ2n) is 3.41. The lowest BCUT2D eigenvalue weighted by molar-refractivity contribution is 0.102. The minimum Gasteiger partial charge on any atom is -0.383 e. The number of ether oxygens (including phenoxy) is 1. The molecule has 0 amide bonds. The highest BCUT2D eigenvalue weighted by atomic mass is 16.5. The van der Waals surface area contributed by atoms with Gasteiger partial charge in [-0.1, -0.05) is 30.3 Å². The van der Waals surface area contributed by atoms with Crippen LogP contribution in [0.4, 0.5) is 0 Å². The van der Waals surface area contributed by atoms with Gasteiger partial charge in [0, 0.05) is 12.7 Å². The first-order valence-electron chi connectivity index (χ1n) is 5.18. The number of ketones is 1. The van der Waals surface area contributed by atoms with Crippen LogP contribution in [0.25, 0.3) is 0 Å². The Morgan fingerprint density at radius 2 is 2.12 bits per heavy atom. The van der Waals surface area contributed by atoms with E-state index in [1.165, 1.54) is 4.68 Å². The molecule has 2 rings (SSSR count). The van der Waals surface area contributed by atoms with Crippen molar-refractivity contribution in [3.05, 3.63) is 41.7 Å². The molecular formula is C11H12N4O2. The molecule has 2 aromatic rings. The van der Waals surface area contributed by atoms with Crippen LogP contribution in [0.2, 0.25) is 0 Å². The molecule has 88 valence electrons. The molecule has 0 bridgehead atoms. The molecule has 0 unspecified atom stereocenters. The topological polar surface area (TPSA) is 69.9 Å². The van der Waals surface area contributed by atoms with Gasteiger partial charge in [0.1, 0.15) is 0 Å². The summed E-state index contributed by atoms with van der Waals surface area (Å²) in [5, 5.41) is 11.0. The molecule has 1 aromatic carbocycles. The first-order valence-corrected chi connectivity index (χ1v) is 5.18. The number of rotatable bonds is 5. The number of benzene rings is 1. The van der Waals surface area contributed by atoms with Crippen LogP contribution >= 0.6 is 0 Å². The molecule has 0 saturated heterocycles. The van der Waals surface area contributed by atoms with Gasteiger partial charge >= 0.3 is 0 Å². The number of carbonyl (C=O) groups excluding carboxylic acids is 1. The Balaban J connectivity index is 2.23. The zero-order valence-electron chi connectivity index (χ0n) is 9.41. The van der Waals surface area contributed by atoms with E-state index >= 15 is 0 Å². The minimum atomic E-state index is -0.188. The Labute approximate surface area is 98.2 Å². The highest BCUT2D eigenvalue weighted by Crippen LogP contribution is 2.06. The predicted molar refractivity (Wildman–Crippen MR) is 59.6 cm³/mol. The molecule has 1 heterocycles. The largest absolute Gasteiger partial charge is 0.383 e. The molecule has 0 aliphatic rings. The van der Waals surface area contributed by atoms with Crippen molar-refractivity contribution in [3.63, 3.8) is 0 Å². The summed E-state index contributed by atoms with van der Waals surface area (Å²) in [5.74, 6) is 0.0416. The lowest BCUT2D eigenvalue weighted by Gasteiger charge is -2.02. The quantitative estimate of drug-likeness (QED) is 0.704. The minimum absolute atomic E-state index is 0.188. The summed E-state index contributed by atoms with van der Waals surface area (Å²) in [5.41, 5.74) is 0.570.